The Morgan fingerprint density at radius 1 is 2.00 bits per heavy atom. The summed E-state index contributed by atoms with van der Waals surface area (Å²) in [5, 5.41) is 0. The number of alkyl halides is 2. The number of hydrogen-bond donors (Lipinski definition) is 1. The summed E-state index contributed by atoms with van der Waals surface area (Å²) in [5.41, 5.74) is 4.24. The summed E-state index contributed by atoms with van der Waals surface area (Å²) in [6.45, 7) is -0.551. The molecule has 0 aromatic heterocycles. The molecule has 0 aromatic rings. The van der Waals surface area contributed by atoms with Gasteiger partial charge in [0, 0.05) is 6.42 Å². The van der Waals surface area contributed by atoms with Crippen molar-refractivity contribution in [3.05, 3.63) is 6.42 Å². The fraction of sp³-hybridized carbons (Fsp3) is 0.667. The molecule has 37 valence electrons. The first-order valence-corrected chi connectivity index (χ1v) is 2.00. The van der Waals surface area contributed by atoms with Gasteiger partial charge >= 0.3 is 0 Å². The van der Waals surface area contributed by atoms with Crippen molar-refractivity contribution in [1.82, 2.24) is 0 Å². The molecular weight excluding hydrogens is 104 g/mol. The van der Waals surface area contributed by atoms with Crippen LogP contribution in [-0.2, 0) is 0 Å². The summed E-state index contributed by atoms with van der Waals surface area (Å²) in [7, 11) is 0. The Balaban J connectivity index is 2.63. The molecule has 3 heteroatoms. The molecule has 0 fully saturated rings. The van der Waals surface area contributed by atoms with Crippen molar-refractivity contribution < 1.29 is 4.39 Å². The average Bonchev–Trinajstić information content (AvgIpc) is 1.35. The third-order valence-electron chi connectivity index (χ3n) is 0.314. The largest absolute Gasteiger partial charge is 0.315 e. The number of rotatable bonds is 2. The fourth-order valence-corrected chi connectivity index (χ4v) is 0.152. The standard InChI is InChI=1S/C3H6ClFN/c4-3(6)1-2-5/h1,3H,2,6H2. The van der Waals surface area contributed by atoms with Crippen molar-refractivity contribution in [3.8, 4) is 0 Å². The van der Waals surface area contributed by atoms with Crippen LogP contribution in [0.5, 0.6) is 0 Å². The Hall–Kier alpha value is 0.180. The van der Waals surface area contributed by atoms with Crippen LogP contribution in [-0.4, -0.2) is 12.2 Å². The van der Waals surface area contributed by atoms with Crippen LogP contribution in [0, 0.1) is 6.42 Å². The molecule has 0 saturated heterocycles. The molecule has 0 bridgehead atoms. The van der Waals surface area contributed by atoms with Gasteiger partial charge in [0.1, 0.15) is 0 Å². The molecule has 0 aliphatic rings. The zero-order valence-corrected chi connectivity index (χ0v) is 3.95. The van der Waals surface area contributed by atoms with E-state index in [0.717, 1.165) is 0 Å². The molecule has 0 aliphatic carbocycles. The van der Waals surface area contributed by atoms with Crippen molar-refractivity contribution in [3.63, 3.8) is 0 Å². The number of halogens is 2. The highest BCUT2D eigenvalue weighted by Gasteiger charge is 1.91. The van der Waals surface area contributed by atoms with Crippen LogP contribution in [0.15, 0.2) is 0 Å². The summed E-state index contributed by atoms with van der Waals surface area (Å²) in [6, 6.07) is 0. The van der Waals surface area contributed by atoms with Gasteiger partial charge in [0.25, 0.3) is 0 Å². The van der Waals surface area contributed by atoms with Crippen LogP contribution in [0.3, 0.4) is 0 Å². The molecule has 0 aliphatic heterocycles. The molecule has 1 unspecified atom stereocenters. The summed E-state index contributed by atoms with van der Waals surface area (Å²) in [4.78, 5) is 0. The van der Waals surface area contributed by atoms with Crippen molar-refractivity contribution in [1.29, 1.82) is 0 Å². The highest BCUT2D eigenvalue weighted by molar-refractivity contribution is 6.21. The van der Waals surface area contributed by atoms with Gasteiger partial charge in [-0.25, -0.2) is 0 Å². The molecule has 1 atom stereocenters. The van der Waals surface area contributed by atoms with Gasteiger partial charge in [-0.15, -0.1) is 11.6 Å². The second kappa shape index (κ2) is 3.37. The SMILES string of the molecule is NC(Cl)[CH]CF. The van der Waals surface area contributed by atoms with Crippen LogP contribution in [0.25, 0.3) is 0 Å². The molecule has 1 nitrogen and oxygen atoms in total. The lowest BCUT2D eigenvalue weighted by Crippen LogP contribution is -2.12. The van der Waals surface area contributed by atoms with E-state index in [1.807, 2.05) is 0 Å². The Morgan fingerprint density at radius 2 is 2.50 bits per heavy atom. The number of nitrogens with two attached hydrogens (primary N) is 1. The van der Waals surface area contributed by atoms with E-state index in [1.54, 1.807) is 0 Å². The first kappa shape index (κ1) is 6.18. The third-order valence-corrected chi connectivity index (χ3v) is 0.492. The minimum absolute atomic E-state index is 0.551. The quantitative estimate of drug-likeness (QED) is 0.411. The monoisotopic (exact) mass is 110 g/mol. The minimum Gasteiger partial charge on any atom is -0.315 e. The lowest BCUT2D eigenvalue weighted by Gasteiger charge is -1.91. The van der Waals surface area contributed by atoms with Crippen molar-refractivity contribution in [2.45, 2.75) is 5.50 Å². The lowest BCUT2D eigenvalue weighted by atomic mass is 10.5. The summed E-state index contributed by atoms with van der Waals surface area (Å²) >= 11 is 5.06. The van der Waals surface area contributed by atoms with E-state index in [1.165, 1.54) is 6.42 Å². The molecule has 1 radical (unpaired) electrons. The van der Waals surface area contributed by atoms with E-state index in [9.17, 15) is 4.39 Å². The van der Waals surface area contributed by atoms with Gasteiger partial charge in [-0.2, -0.15) is 0 Å². The molecule has 6 heavy (non-hydrogen) atoms. The van der Waals surface area contributed by atoms with E-state index < -0.39 is 12.2 Å². The topological polar surface area (TPSA) is 26.0 Å². The summed E-state index contributed by atoms with van der Waals surface area (Å²) in [5.74, 6) is 0. The molecule has 0 saturated carbocycles. The third kappa shape index (κ3) is 4.18. The zero-order valence-electron chi connectivity index (χ0n) is 3.20. The van der Waals surface area contributed by atoms with Crippen LogP contribution >= 0.6 is 11.6 Å². The van der Waals surface area contributed by atoms with Gasteiger partial charge in [-0.3, -0.25) is 4.39 Å². The molecule has 0 spiro atoms. The Bertz CT molecular complexity index is 32.0. The van der Waals surface area contributed by atoms with Gasteiger partial charge in [0.15, 0.2) is 0 Å². The van der Waals surface area contributed by atoms with E-state index >= 15 is 0 Å². The van der Waals surface area contributed by atoms with Crippen molar-refractivity contribution in [2.24, 2.45) is 5.73 Å². The van der Waals surface area contributed by atoms with Crippen LogP contribution in [0.2, 0.25) is 0 Å². The minimum atomic E-state index is -0.630. The Kier molecular flexibility index (Phi) is 3.47. The number of hydrogen-bond acceptors (Lipinski definition) is 1. The van der Waals surface area contributed by atoms with Gasteiger partial charge in [-0.05, 0) is 0 Å². The Labute approximate surface area is 41.3 Å². The predicted octanol–water partition coefficient (Wildman–Crippen LogP) is 0.684. The van der Waals surface area contributed by atoms with Gasteiger partial charge < -0.3 is 5.73 Å². The first-order valence-electron chi connectivity index (χ1n) is 1.56. The zero-order chi connectivity index (χ0) is 4.99. The molecule has 2 N–H and O–H groups in total. The van der Waals surface area contributed by atoms with E-state index in [4.69, 9.17) is 17.3 Å². The maximum atomic E-state index is 11.0. The highest BCUT2D eigenvalue weighted by atomic mass is 35.5. The van der Waals surface area contributed by atoms with Crippen LogP contribution in [0.1, 0.15) is 0 Å². The van der Waals surface area contributed by atoms with E-state index in [2.05, 4.69) is 0 Å². The van der Waals surface area contributed by atoms with Crippen LogP contribution in [0.4, 0.5) is 4.39 Å². The summed E-state index contributed by atoms with van der Waals surface area (Å²) in [6.07, 6.45) is 1.17. The van der Waals surface area contributed by atoms with Crippen LogP contribution < -0.4 is 5.73 Å². The van der Waals surface area contributed by atoms with E-state index in [0.29, 0.717) is 0 Å². The lowest BCUT2D eigenvalue weighted by molar-refractivity contribution is 0.530. The highest BCUT2D eigenvalue weighted by Crippen LogP contribution is 1.89. The maximum absolute atomic E-state index is 11.0. The molecule has 0 aromatic carbocycles. The molecule has 0 rings (SSSR count). The normalized spacial score (nSPS) is 14.5. The molecule has 0 heterocycles. The van der Waals surface area contributed by atoms with Gasteiger partial charge in [0.05, 0.1) is 12.2 Å². The molecule has 0 amide bonds. The maximum Gasteiger partial charge on any atom is 0.0953 e. The van der Waals surface area contributed by atoms with Gasteiger partial charge in [-0.1, -0.05) is 0 Å². The first-order chi connectivity index (χ1) is 2.77. The molecular formula is C3H6ClFN. The van der Waals surface area contributed by atoms with E-state index in [-0.39, 0.29) is 0 Å². The van der Waals surface area contributed by atoms with Crippen molar-refractivity contribution in [2.75, 3.05) is 6.67 Å². The Morgan fingerprint density at radius 3 is 2.50 bits per heavy atom. The second-order valence-electron chi connectivity index (χ2n) is 0.834. The predicted molar refractivity (Wildman–Crippen MR) is 24.1 cm³/mol. The second-order valence-corrected chi connectivity index (χ2v) is 1.34. The van der Waals surface area contributed by atoms with Crippen molar-refractivity contribution >= 4 is 11.6 Å². The fourth-order valence-electron chi connectivity index (χ4n) is 0.0851. The smallest absolute Gasteiger partial charge is 0.0953 e. The van der Waals surface area contributed by atoms with Gasteiger partial charge in [0.2, 0.25) is 0 Å². The average molecular weight is 111 g/mol. The summed E-state index contributed by atoms with van der Waals surface area (Å²) < 4.78 is 11.0.